The van der Waals surface area contributed by atoms with Crippen molar-refractivity contribution in [1.82, 2.24) is 15.0 Å². The van der Waals surface area contributed by atoms with Gasteiger partial charge >= 0.3 is 6.03 Å². The molecule has 7 heteroatoms. The molecule has 0 atom stereocenters. The SMILES string of the molecule is CN1C(=O)N(Cc2cc(-c3cccs3)on2)C(=O)C12CCCCC2. The van der Waals surface area contributed by atoms with Crippen LogP contribution in [0.2, 0.25) is 0 Å². The van der Waals surface area contributed by atoms with Crippen LogP contribution in [-0.4, -0.2) is 39.5 Å². The minimum atomic E-state index is -0.643. The van der Waals surface area contributed by atoms with Crippen molar-refractivity contribution in [2.45, 2.75) is 44.2 Å². The zero-order valence-electron chi connectivity index (χ0n) is 13.5. The van der Waals surface area contributed by atoms with Crippen LogP contribution in [0.25, 0.3) is 10.6 Å². The number of urea groups is 1. The summed E-state index contributed by atoms with van der Waals surface area (Å²) in [6.07, 6.45) is 4.62. The predicted molar refractivity (Wildman–Crippen MR) is 89.3 cm³/mol. The molecule has 2 fully saturated rings. The van der Waals surface area contributed by atoms with E-state index in [9.17, 15) is 9.59 Å². The van der Waals surface area contributed by atoms with Crippen LogP contribution in [0.5, 0.6) is 0 Å². The first-order valence-corrected chi connectivity index (χ1v) is 9.09. The van der Waals surface area contributed by atoms with Crippen LogP contribution < -0.4 is 0 Å². The summed E-state index contributed by atoms with van der Waals surface area (Å²) >= 11 is 1.56. The van der Waals surface area contributed by atoms with Crippen molar-refractivity contribution in [1.29, 1.82) is 0 Å². The molecule has 0 bridgehead atoms. The topological polar surface area (TPSA) is 66.7 Å². The molecule has 2 aromatic rings. The summed E-state index contributed by atoms with van der Waals surface area (Å²) in [4.78, 5) is 29.5. The zero-order chi connectivity index (χ0) is 16.7. The van der Waals surface area contributed by atoms with Gasteiger partial charge in [0.1, 0.15) is 11.2 Å². The van der Waals surface area contributed by atoms with E-state index >= 15 is 0 Å². The first-order chi connectivity index (χ1) is 11.6. The molecule has 1 saturated carbocycles. The van der Waals surface area contributed by atoms with Crippen LogP contribution in [0, 0.1) is 0 Å². The van der Waals surface area contributed by atoms with Crippen LogP contribution in [0.15, 0.2) is 28.1 Å². The zero-order valence-corrected chi connectivity index (χ0v) is 14.3. The van der Waals surface area contributed by atoms with Crippen molar-refractivity contribution in [2.24, 2.45) is 0 Å². The van der Waals surface area contributed by atoms with Crippen molar-refractivity contribution in [3.05, 3.63) is 29.3 Å². The number of nitrogens with zero attached hydrogens (tertiary/aromatic N) is 3. The average Bonchev–Trinajstić information content (AvgIpc) is 3.32. The molecular weight excluding hydrogens is 326 g/mol. The van der Waals surface area contributed by atoms with E-state index in [0.717, 1.165) is 37.0 Å². The fourth-order valence-electron chi connectivity index (χ4n) is 3.75. The quantitative estimate of drug-likeness (QED) is 0.799. The number of imide groups is 1. The Kier molecular flexibility index (Phi) is 3.68. The minimum Gasteiger partial charge on any atom is -0.355 e. The summed E-state index contributed by atoms with van der Waals surface area (Å²) in [5.41, 5.74) is -0.0447. The highest BCUT2D eigenvalue weighted by Crippen LogP contribution is 2.40. The molecule has 3 amide bonds. The number of carbonyl (C=O) groups excluding carboxylic acids is 2. The highest BCUT2D eigenvalue weighted by atomic mass is 32.1. The number of hydrogen-bond donors (Lipinski definition) is 0. The van der Waals surface area contributed by atoms with E-state index in [4.69, 9.17) is 4.52 Å². The van der Waals surface area contributed by atoms with E-state index in [1.54, 1.807) is 29.4 Å². The number of likely N-dealkylation sites (N-methyl/N-ethyl adjacent to an activating group) is 1. The van der Waals surface area contributed by atoms with Crippen LogP contribution >= 0.6 is 11.3 Å². The Morgan fingerprint density at radius 1 is 1.29 bits per heavy atom. The summed E-state index contributed by atoms with van der Waals surface area (Å²) in [7, 11) is 1.74. The Labute approximate surface area is 144 Å². The van der Waals surface area contributed by atoms with E-state index in [2.05, 4.69) is 5.16 Å². The molecule has 3 heterocycles. The van der Waals surface area contributed by atoms with E-state index in [1.807, 2.05) is 17.5 Å². The molecule has 1 spiro atoms. The van der Waals surface area contributed by atoms with Gasteiger partial charge in [0.05, 0.1) is 11.4 Å². The number of carbonyl (C=O) groups is 2. The maximum Gasteiger partial charge on any atom is 0.327 e. The van der Waals surface area contributed by atoms with Crippen LogP contribution in [0.1, 0.15) is 37.8 Å². The Balaban J connectivity index is 1.56. The van der Waals surface area contributed by atoms with Crippen molar-refractivity contribution in [3.63, 3.8) is 0 Å². The lowest BCUT2D eigenvalue weighted by Crippen LogP contribution is -2.49. The standard InChI is InChI=1S/C17H19N3O3S/c1-19-16(22)20(15(21)17(19)7-3-2-4-8-17)11-12-10-13(23-18-12)14-6-5-9-24-14/h5-6,9-10H,2-4,7-8,11H2,1H3. The second-order valence-corrected chi connectivity index (χ2v) is 7.43. The lowest BCUT2D eigenvalue weighted by Gasteiger charge is -2.35. The van der Waals surface area contributed by atoms with Crippen molar-refractivity contribution in [2.75, 3.05) is 7.05 Å². The molecule has 0 N–H and O–H groups in total. The van der Waals surface area contributed by atoms with Gasteiger partial charge in [0.15, 0.2) is 5.76 Å². The van der Waals surface area contributed by atoms with Gasteiger partial charge < -0.3 is 9.42 Å². The fourth-order valence-corrected chi connectivity index (χ4v) is 4.43. The van der Waals surface area contributed by atoms with Gasteiger partial charge in [-0.25, -0.2) is 4.79 Å². The molecule has 126 valence electrons. The Morgan fingerprint density at radius 3 is 2.79 bits per heavy atom. The van der Waals surface area contributed by atoms with Gasteiger partial charge in [-0.2, -0.15) is 0 Å². The van der Waals surface area contributed by atoms with Crippen molar-refractivity contribution in [3.8, 4) is 10.6 Å². The first kappa shape index (κ1) is 15.4. The van der Waals surface area contributed by atoms with Gasteiger partial charge in [0.2, 0.25) is 0 Å². The Bertz CT molecular complexity index is 762. The number of amides is 3. The molecule has 0 radical (unpaired) electrons. The molecule has 0 aromatic carbocycles. The van der Waals surface area contributed by atoms with E-state index in [1.165, 1.54) is 4.90 Å². The third-order valence-electron chi connectivity index (χ3n) is 5.13. The second kappa shape index (κ2) is 5.73. The highest BCUT2D eigenvalue weighted by Gasteiger charge is 2.55. The third-order valence-corrected chi connectivity index (χ3v) is 6.01. The summed E-state index contributed by atoms with van der Waals surface area (Å²) in [6.45, 7) is 0.165. The van der Waals surface area contributed by atoms with Gasteiger partial charge in [-0.05, 0) is 24.3 Å². The predicted octanol–water partition coefficient (Wildman–Crippen LogP) is 3.50. The van der Waals surface area contributed by atoms with Crippen LogP contribution in [-0.2, 0) is 11.3 Å². The normalized spacial score (nSPS) is 20.4. The monoisotopic (exact) mass is 345 g/mol. The second-order valence-electron chi connectivity index (χ2n) is 6.48. The van der Waals surface area contributed by atoms with Crippen molar-refractivity contribution >= 4 is 23.3 Å². The first-order valence-electron chi connectivity index (χ1n) is 8.21. The molecule has 2 aromatic heterocycles. The molecule has 2 aliphatic rings. The number of aromatic nitrogens is 1. The Morgan fingerprint density at radius 2 is 2.08 bits per heavy atom. The number of hydrogen-bond acceptors (Lipinski definition) is 5. The minimum absolute atomic E-state index is 0.0876. The Hall–Kier alpha value is -2.15. The van der Waals surface area contributed by atoms with Gasteiger partial charge in [-0.3, -0.25) is 9.69 Å². The summed E-state index contributed by atoms with van der Waals surface area (Å²) in [5, 5.41) is 6.00. The van der Waals surface area contributed by atoms with Crippen LogP contribution in [0.3, 0.4) is 0 Å². The lowest BCUT2D eigenvalue weighted by molar-refractivity contribution is -0.134. The van der Waals surface area contributed by atoms with Crippen LogP contribution in [0.4, 0.5) is 4.79 Å². The van der Waals surface area contributed by atoms with Gasteiger partial charge in [-0.1, -0.05) is 30.5 Å². The van der Waals surface area contributed by atoms with Gasteiger partial charge in [0, 0.05) is 13.1 Å². The lowest BCUT2D eigenvalue weighted by atomic mass is 9.81. The highest BCUT2D eigenvalue weighted by molar-refractivity contribution is 7.13. The smallest absolute Gasteiger partial charge is 0.327 e. The summed E-state index contributed by atoms with van der Waals surface area (Å²) in [6, 6.07) is 5.46. The number of rotatable bonds is 3. The van der Waals surface area contributed by atoms with E-state index < -0.39 is 5.54 Å². The molecule has 24 heavy (non-hydrogen) atoms. The molecule has 1 aliphatic carbocycles. The summed E-state index contributed by atoms with van der Waals surface area (Å²) < 4.78 is 5.35. The molecule has 1 aliphatic heterocycles. The van der Waals surface area contributed by atoms with Crippen molar-refractivity contribution < 1.29 is 14.1 Å². The largest absolute Gasteiger partial charge is 0.355 e. The molecule has 1 saturated heterocycles. The maximum absolute atomic E-state index is 13.0. The maximum atomic E-state index is 13.0. The molecule has 6 nitrogen and oxygen atoms in total. The average molecular weight is 345 g/mol. The van der Waals surface area contributed by atoms with Gasteiger partial charge in [-0.15, -0.1) is 11.3 Å². The summed E-state index contributed by atoms with van der Waals surface area (Å²) in [5.74, 6) is 0.579. The fraction of sp³-hybridized carbons (Fsp3) is 0.471. The number of thiophene rings is 1. The van der Waals surface area contributed by atoms with E-state index in [0.29, 0.717) is 11.5 Å². The molecular formula is C17H19N3O3S. The van der Waals surface area contributed by atoms with E-state index in [-0.39, 0.29) is 18.5 Å². The van der Waals surface area contributed by atoms with Gasteiger partial charge in [0.25, 0.3) is 5.91 Å². The molecule has 4 rings (SSSR count). The molecule has 0 unspecified atom stereocenters. The third kappa shape index (κ3) is 2.26.